The Morgan fingerprint density at radius 2 is 1.53 bits per heavy atom. The van der Waals surface area contributed by atoms with Gasteiger partial charge in [0.2, 0.25) is 0 Å². The maximum Gasteiger partial charge on any atom is 0.187 e. The molecule has 12 heteroatoms. The summed E-state index contributed by atoms with van der Waals surface area (Å²) in [5, 5.41) is 70.5. The maximum absolute atomic E-state index is 12.4. The minimum absolute atomic E-state index is 0.168. The van der Waals surface area contributed by atoms with Crippen LogP contribution in [-0.2, 0) is 14.2 Å². The normalized spacial score (nSPS) is 40.2. The molecule has 2 saturated heterocycles. The van der Waals surface area contributed by atoms with Gasteiger partial charge in [0.15, 0.2) is 6.29 Å². The highest BCUT2D eigenvalue weighted by atomic mass is 19.1. The summed E-state index contributed by atoms with van der Waals surface area (Å²) in [6, 6.07) is 6.26. The predicted octanol–water partition coefficient (Wildman–Crippen LogP) is -2.63. The smallest absolute Gasteiger partial charge is 0.187 e. The standard InChI is InChI=1S/C20H29FO11/c21-4-5-29-10-3-1-2-9(6-10)18-17(28)19(14(25)12(8-23)30-18)32-20-16(27)15(26)13(24)11(7-22)31-20/h1-3,6,11-20,22-28H,4-5,7-8H2/t11-,12-,13-,14-,15+,16+,17-,18-,19+,20-/m1/s1. The second-order valence-electron chi connectivity index (χ2n) is 7.67. The zero-order chi connectivity index (χ0) is 23.4. The van der Waals surface area contributed by atoms with Crippen molar-refractivity contribution in [1.29, 1.82) is 0 Å². The van der Waals surface area contributed by atoms with Crippen LogP contribution in [0.25, 0.3) is 0 Å². The molecule has 0 aliphatic carbocycles. The van der Waals surface area contributed by atoms with Crippen molar-refractivity contribution in [2.45, 2.75) is 61.2 Å². The number of ether oxygens (including phenoxy) is 4. The zero-order valence-corrected chi connectivity index (χ0v) is 17.1. The van der Waals surface area contributed by atoms with Crippen molar-refractivity contribution in [2.75, 3.05) is 26.5 Å². The van der Waals surface area contributed by atoms with Crippen LogP contribution in [0.3, 0.4) is 0 Å². The molecule has 2 heterocycles. The van der Waals surface area contributed by atoms with Gasteiger partial charge in [0.25, 0.3) is 0 Å². The summed E-state index contributed by atoms with van der Waals surface area (Å²) < 4.78 is 34.1. The van der Waals surface area contributed by atoms with E-state index in [0.29, 0.717) is 11.3 Å². The topological polar surface area (TPSA) is 179 Å². The van der Waals surface area contributed by atoms with Crippen molar-refractivity contribution >= 4 is 0 Å². The number of aliphatic hydroxyl groups is 7. The van der Waals surface area contributed by atoms with E-state index < -0.39 is 81.1 Å². The predicted molar refractivity (Wildman–Crippen MR) is 103 cm³/mol. The highest BCUT2D eigenvalue weighted by Crippen LogP contribution is 2.36. The third-order valence-electron chi connectivity index (χ3n) is 5.54. The molecule has 0 saturated carbocycles. The van der Waals surface area contributed by atoms with E-state index >= 15 is 0 Å². The lowest BCUT2D eigenvalue weighted by atomic mass is 9.90. The molecule has 7 N–H and O–H groups in total. The van der Waals surface area contributed by atoms with Gasteiger partial charge >= 0.3 is 0 Å². The van der Waals surface area contributed by atoms with Crippen LogP contribution in [0.1, 0.15) is 11.7 Å². The Balaban J connectivity index is 1.82. The van der Waals surface area contributed by atoms with E-state index in [9.17, 15) is 40.1 Å². The van der Waals surface area contributed by atoms with E-state index in [0.717, 1.165) is 0 Å². The first-order valence-electron chi connectivity index (χ1n) is 10.2. The summed E-state index contributed by atoms with van der Waals surface area (Å²) in [7, 11) is 0. The first-order valence-corrected chi connectivity index (χ1v) is 10.2. The van der Waals surface area contributed by atoms with Gasteiger partial charge in [0, 0.05) is 0 Å². The fourth-order valence-electron chi connectivity index (χ4n) is 3.80. The van der Waals surface area contributed by atoms with Crippen molar-refractivity contribution in [2.24, 2.45) is 0 Å². The van der Waals surface area contributed by atoms with E-state index in [2.05, 4.69) is 0 Å². The van der Waals surface area contributed by atoms with E-state index in [1.807, 2.05) is 0 Å². The van der Waals surface area contributed by atoms with Gasteiger partial charge in [-0.25, -0.2) is 4.39 Å². The van der Waals surface area contributed by atoms with Crippen LogP contribution >= 0.6 is 0 Å². The fourth-order valence-corrected chi connectivity index (χ4v) is 3.80. The van der Waals surface area contributed by atoms with Crippen LogP contribution < -0.4 is 4.74 Å². The molecule has 2 fully saturated rings. The molecule has 1 aromatic carbocycles. The van der Waals surface area contributed by atoms with Crippen molar-refractivity contribution in [3.8, 4) is 5.75 Å². The Kier molecular flexibility index (Phi) is 8.75. The van der Waals surface area contributed by atoms with Crippen LogP contribution in [0.4, 0.5) is 4.39 Å². The lowest BCUT2D eigenvalue weighted by Gasteiger charge is -2.46. The molecule has 0 unspecified atom stereocenters. The van der Waals surface area contributed by atoms with Crippen LogP contribution in [0.2, 0.25) is 0 Å². The SMILES string of the molecule is OC[C@H]1O[C@H](O[C@@H]2[C@H](O)[C@@H](c3cccc(OCCF)c3)O[C@H](CO)[C@H]2O)[C@@H](O)[C@@H](O)[C@@H]1O. The minimum atomic E-state index is -1.75. The van der Waals surface area contributed by atoms with Gasteiger partial charge in [0.1, 0.15) is 74.0 Å². The Morgan fingerprint density at radius 3 is 2.19 bits per heavy atom. The van der Waals surface area contributed by atoms with Crippen LogP contribution in [0, 0.1) is 0 Å². The Morgan fingerprint density at radius 1 is 0.844 bits per heavy atom. The molecule has 182 valence electrons. The van der Waals surface area contributed by atoms with Crippen molar-refractivity contribution in [3.63, 3.8) is 0 Å². The number of alkyl halides is 1. The molecule has 0 spiro atoms. The maximum atomic E-state index is 12.4. The van der Waals surface area contributed by atoms with Gasteiger partial charge in [-0.15, -0.1) is 0 Å². The summed E-state index contributed by atoms with van der Waals surface area (Å²) in [6.45, 7) is -2.17. The van der Waals surface area contributed by atoms with Crippen molar-refractivity contribution < 1.29 is 59.1 Å². The number of benzene rings is 1. The summed E-state index contributed by atoms with van der Waals surface area (Å²) in [6.07, 6.45) is -14.8. The van der Waals surface area contributed by atoms with Gasteiger partial charge in [0.05, 0.1) is 13.2 Å². The van der Waals surface area contributed by atoms with E-state index in [4.69, 9.17) is 18.9 Å². The molecular formula is C20H29FO11. The molecule has 2 aliphatic rings. The highest BCUT2D eigenvalue weighted by Gasteiger charge is 2.50. The zero-order valence-electron chi connectivity index (χ0n) is 17.1. The lowest BCUT2D eigenvalue weighted by Crippen LogP contribution is -2.63. The largest absolute Gasteiger partial charge is 0.491 e. The molecule has 2 aliphatic heterocycles. The van der Waals surface area contributed by atoms with Crippen LogP contribution in [0.15, 0.2) is 24.3 Å². The highest BCUT2D eigenvalue weighted by molar-refractivity contribution is 5.31. The van der Waals surface area contributed by atoms with Gasteiger partial charge in [-0.3, -0.25) is 0 Å². The molecular weight excluding hydrogens is 435 g/mol. The molecule has 0 aromatic heterocycles. The second-order valence-corrected chi connectivity index (χ2v) is 7.67. The number of hydrogen-bond donors (Lipinski definition) is 7. The number of halogens is 1. The van der Waals surface area contributed by atoms with E-state index in [1.54, 1.807) is 18.2 Å². The monoisotopic (exact) mass is 464 g/mol. The average Bonchev–Trinajstić information content (AvgIpc) is 2.80. The number of rotatable bonds is 8. The van der Waals surface area contributed by atoms with Crippen LogP contribution in [-0.4, -0.2) is 117 Å². The third-order valence-corrected chi connectivity index (χ3v) is 5.54. The van der Waals surface area contributed by atoms with Gasteiger partial charge < -0.3 is 54.7 Å². The Bertz CT molecular complexity index is 723. The summed E-state index contributed by atoms with van der Waals surface area (Å²) >= 11 is 0. The summed E-state index contributed by atoms with van der Waals surface area (Å²) in [5.41, 5.74) is 0.390. The quantitative estimate of drug-likeness (QED) is 0.214. The average molecular weight is 464 g/mol. The van der Waals surface area contributed by atoms with Gasteiger partial charge in [-0.05, 0) is 17.7 Å². The molecule has 10 atom stereocenters. The van der Waals surface area contributed by atoms with Crippen molar-refractivity contribution in [1.82, 2.24) is 0 Å². The van der Waals surface area contributed by atoms with Crippen LogP contribution in [0.5, 0.6) is 5.75 Å². The van der Waals surface area contributed by atoms with Crippen molar-refractivity contribution in [3.05, 3.63) is 29.8 Å². The molecule has 3 rings (SSSR count). The van der Waals surface area contributed by atoms with E-state index in [1.165, 1.54) is 6.07 Å². The molecule has 0 bridgehead atoms. The first-order chi connectivity index (χ1) is 15.3. The summed E-state index contributed by atoms with van der Waals surface area (Å²) in [4.78, 5) is 0. The fraction of sp³-hybridized carbons (Fsp3) is 0.700. The molecule has 0 amide bonds. The number of aliphatic hydroxyl groups excluding tert-OH is 7. The Hall–Kier alpha value is -1.45. The molecule has 0 radical (unpaired) electrons. The molecule has 1 aromatic rings. The lowest BCUT2D eigenvalue weighted by molar-refractivity contribution is -0.342. The Labute approximate surface area is 183 Å². The third kappa shape index (κ3) is 5.20. The second kappa shape index (κ2) is 11.1. The van der Waals surface area contributed by atoms with Gasteiger partial charge in [-0.2, -0.15) is 0 Å². The molecule has 32 heavy (non-hydrogen) atoms. The van der Waals surface area contributed by atoms with E-state index in [-0.39, 0.29) is 6.61 Å². The first kappa shape index (κ1) is 25.2. The molecule has 11 nitrogen and oxygen atoms in total. The number of hydrogen-bond acceptors (Lipinski definition) is 11. The van der Waals surface area contributed by atoms with Gasteiger partial charge in [-0.1, -0.05) is 12.1 Å². The summed E-state index contributed by atoms with van der Waals surface area (Å²) in [5.74, 6) is 0.314. The minimum Gasteiger partial charge on any atom is -0.491 e.